The fourth-order valence-electron chi connectivity index (χ4n) is 1.65. The van der Waals surface area contributed by atoms with Gasteiger partial charge in [-0.15, -0.1) is 0 Å². The van der Waals surface area contributed by atoms with Crippen LogP contribution < -0.4 is 4.73 Å². The molecule has 0 aliphatic heterocycles. The van der Waals surface area contributed by atoms with Crippen molar-refractivity contribution in [3.63, 3.8) is 0 Å². The van der Waals surface area contributed by atoms with Crippen LogP contribution in [0.4, 0.5) is 0 Å². The van der Waals surface area contributed by atoms with E-state index in [4.69, 9.17) is 4.74 Å². The van der Waals surface area contributed by atoms with E-state index in [0.717, 1.165) is 28.3 Å². The van der Waals surface area contributed by atoms with Gasteiger partial charge < -0.3 is 9.94 Å². The Morgan fingerprint density at radius 2 is 2.22 bits per heavy atom. The van der Waals surface area contributed by atoms with Crippen LogP contribution in [-0.4, -0.2) is 24.5 Å². The Hall–Kier alpha value is -1.40. The molecule has 0 unspecified atom stereocenters. The molecule has 6 heteroatoms. The van der Waals surface area contributed by atoms with Gasteiger partial charge in [-0.2, -0.15) is 9.83 Å². The summed E-state index contributed by atoms with van der Waals surface area (Å²) in [6.07, 6.45) is 4.68. The van der Waals surface area contributed by atoms with Crippen LogP contribution in [0.1, 0.15) is 0 Å². The molecule has 0 atom stereocenters. The van der Waals surface area contributed by atoms with Crippen molar-refractivity contribution >= 4 is 19.0 Å². The summed E-state index contributed by atoms with van der Waals surface area (Å²) < 4.78 is 8.20. The van der Waals surface area contributed by atoms with Crippen LogP contribution >= 0.6 is 0 Å². The van der Waals surface area contributed by atoms with E-state index in [0.29, 0.717) is 6.73 Å². The van der Waals surface area contributed by atoms with Crippen molar-refractivity contribution in [1.82, 2.24) is 9.78 Å². The maximum atomic E-state index is 11.1. The molecule has 2 aromatic heterocycles. The van der Waals surface area contributed by atoms with Gasteiger partial charge in [0.15, 0.2) is 12.4 Å². The van der Waals surface area contributed by atoms with Gasteiger partial charge in [0.05, 0.1) is 17.1 Å². The van der Waals surface area contributed by atoms with Crippen molar-refractivity contribution in [2.45, 2.75) is 32.4 Å². The van der Waals surface area contributed by atoms with E-state index in [2.05, 4.69) is 24.7 Å². The SMILES string of the molecule is C[Si](C)(C)CCOCn1ncc2c[n+]([O-])ccc21. The zero-order chi connectivity index (χ0) is 13.2. The summed E-state index contributed by atoms with van der Waals surface area (Å²) in [5.74, 6) is 0. The number of rotatable bonds is 5. The van der Waals surface area contributed by atoms with Gasteiger partial charge in [0.1, 0.15) is 6.73 Å². The summed E-state index contributed by atoms with van der Waals surface area (Å²) in [4.78, 5) is 0. The lowest BCUT2D eigenvalue weighted by atomic mass is 10.3. The monoisotopic (exact) mass is 265 g/mol. The number of nitrogens with zero attached hydrogens (tertiary/aromatic N) is 3. The first kappa shape index (κ1) is 13.0. The van der Waals surface area contributed by atoms with Crippen LogP contribution in [0.3, 0.4) is 0 Å². The second-order valence-electron chi connectivity index (χ2n) is 5.64. The molecular weight excluding hydrogens is 246 g/mol. The Bertz CT molecular complexity index is 534. The Kier molecular flexibility index (Phi) is 3.67. The number of pyridine rings is 1. The minimum Gasteiger partial charge on any atom is -0.619 e. The highest BCUT2D eigenvalue weighted by Gasteiger charge is 2.12. The third-order valence-corrected chi connectivity index (χ3v) is 4.47. The minimum absolute atomic E-state index is 0.441. The van der Waals surface area contributed by atoms with E-state index in [9.17, 15) is 5.21 Å². The van der Waals surface area contributed by atoms with Gasteiger partial charge >= 0.3 is 0 Å². The zero-order valence-electron chi connectivity index (χ0n) is 11.1. The smallest absolute Gasteiger partial charge is 0.191 e. The van der Waals surface area contributed by atoms with Crippen LogP contribution in [0.15, 0.2) is 24.7 Å². The molecule has 0 aliphatic rings. The summed E-state index contributed by atoms with van der Waals surface area (Å²) in [5, 5.41) is 16.2. The summed E-state index contributed by atoms with van der Waals surface area (Å²) in [5.41, 5.74) is 0.926. The lowest BCUT2D eigenvalue weighted by molar-refractivity contribution is -0.603. The molecule has 0 amide bonds. The van der Waals surface area contributed by atoms with E-state index in [1.807, 2.05) is 0 Å². The minimum atomic E-state index is -1.04. The average Bonchev–Trinajstić information content (AvgIpc) is 2.65. The van der Waals surface area contributed by atoms with E-state index in [1.165, 1.54) is 12.4 Å². The van der Waals surface area contributed by atoms with Crippen LogP contribution in [0.25, 0.3) is 10.9 Å². The van der Waals surface area contributed by atoms with Crippen LogP contribution in [0.5, 0.6) is 0 Å². The molecule has 0 spiro atoms. The summed E-state index contributed by atoms with van der Waals surface area (Å²) in [7, 11) is -1.04. The first-order valence-electron chi connectivity index (χ1n) is 6.08. The van der Waals surface area contributed by atoms with Crippen molar-refractivity contribution in [3.8, 4) is 0 Å². The molecule has 5 nitrogen and oxygen atoms in total. The van der Waals surface area contributed by atoms with Gasteiger partial charge in [-0.25, -0.2) is 4.68 Å². The zero-order valence-corrected chi connectivity index (χ0v) is 12.1. The molecule has 18 heavy (non-hydrogen) atoms. The molecule has 0 bridgehead atoms. The van der Waals surface area contributed by atoms with Gasteiger partial charge in [-0.1, -0.05) is 19.6 Å². The Morgan fingerprint density at radius 3 is 2.94 bits per heavy atom. The standard InChI is InChI=1S/C12H19N3O2Si/c1-18(2,3)7-6-17-10-15-12-4-5-14(16)9-11(12)8-13-15/h4-5,8-9H,6-7,10H2,1-3H3. The molecule has 0 N–H and O–H groups in total. The van der Waals surface area contributed by atoms with Gasteiger partial charge in [0.25, 0.3) is 0 Å². The van der Waals surface area contributed by atoms with E-state index < -0.39 is 8.07 Å². The second-order valence-corrected chi connectivity index (χ2v) is 11.3. The molecule has 2 rings (SSSR count). The fraction of sp³-hybridized carbons (Fsp3) is 0.500. The lowest BCUT2D eigenvalue weighted by Crippen LogP contribution is -2.23. The van der Waals surface area contributed by atoms with Crippen molar-refractivity contribution < 1.29 is 9.47 Å². The highest BCUT2D eigenvalue weighted by molar-refractivity contribution is 6.76. The van der Waals surface area contributed by atoms with Gasteiger partial charge in [-0.05, 0) is 6.04 Å². The van der Waals surface area contributed by atoms with E-state index in [1.54, 1.807) is 16.9 Å². The van der Waals surface area contributed by atoms with Gasteiger partial charge in [0.2, 0.25) is 0 Å². The Labute approximate surface area is 108 Å². The topological polar surface area (TPSA) is 54.0 Å². The van der Waals surface area contributed by atoms with Crippen molar-refractivity contribution in [1.29, 1.82) is 0 Å². The largest absolute Gasteiger partial charge is 0.619 e. The summed E-state index contributed by atoms with van der Waals surface area (Å²) in [6, 6.07) is 2.91. The van der Waals surface area contributed by atoms with Crippen LogP contribution in [-0.2, 0) is 11.5 Å². The highest BCUT2D eigenvalue weighted by atomic mass is 28.3. The van der Waals surface area contributed by atoms with E-state index >= 15 is 0 Å². The Morgan fingerprint density at radius 1 is 1.44 bits per heavy atom. The van der Waals surface area contributed by atoms with Gasteiger partial charge in [-0.3, -0.25) is 0 Å². The second kappa shape index (κ2) is 5.07. The van der Waals surface area contributed by atoms with Crippen LogP contribution in [0.2, 0.25) is 25.7 Å². The van der Waals surface area contributed by atoms with Crippen molar-refractivity contribution in [3.05, 3.63) is 29.9 Å². The first-order valence-corrected chi connectivity index (χ1v) is 9.78. The Balaban J connectivity index is 1.96. The first-order chi connectivity index (χ1) is 8.46. The van der Waals surface area contributed by atoms with E-state index in [-0.39, 0.29) is 0 Å². The number of hydrogen-bond acceptors (Lipinski definition) is 3. The molecule has 2 heterocycles. The molecule has 0 radical (unpaired) electrons. The maximum absolute atomic E-state index is 11.1. The molecular formula is C12H19N3O2Si. The van der Waals surface area contributed by atoms with Crippen LogP contribution in [0, 0.1) is 5.21 Å². The number of hydrogen-bond donors (Lipinski definition) is 0. The molecule has 0 saturated carbocycles. The maximum Gasteiger partial charge on any atom is 0.191 e. The molecule has 98 valence electrons. The normalized spacial score (nSPS) is 12.2. The molecule has 0 fully saturated rings. The number of fused-ring (bicyclic) bond motifs is 1. The summed E-state index contributed by atoms with van der Waals surface area (Å²) in [6.45, 7) is 8.19. The molecule has 2 aromatic rings. The quantitative estimate of drug-likeness (QED) is 0.359. The predicted octanol–water partition coefficient (Wildman–Crippen LogP) is 1.98. The third kappa shape index (κ3) is 3.30. The van der Waals surface area contributed by atoms with Gasteiger partial charge in [0, 0.05) is 20.7 Å². The molecule has 0 aliphatic carbocycles. The number of aromatic nitrogens is 3. The highest BCUT2D eigenvalue weighted by Crippen LogP contribution is 2.11. The number of ether oxygens (including phenoxy) is 1. The lowest BCUT2D eigenvalue weighted by Gasteiger charge is -2.15. The van der Waals surface area contributed by atoms with Crippen molar-refractivity contribution in [2.75, 3.05) is 6.61 Å². The van der Waals surface area contributed by atoms with Crippen molar-refractivity contribution in [2.24, 2.45) is 0 Å². The fourth-order valence-corrected chi connectivity index (χ4v) is 2.40. The third-order valence-electron chi connectivity index (χ3n) is 2.77. The molecule has 0 saturated heterocycles. The predicted molar refractivity (Wildman–Crippen MR) is 72.8 cm³/mol. The molecule has 0 aromatic carbocycles. The average molecular weight is 265 g/mol. The summed E-state index contributed by atoms with van der Waals surface area (Å²) >= 11 is 0.